The molecule has 1 aliphatic carbocycles. The van der Waals surface area contributed by atoms with E-state index in [-0.39, 0.29) is 43.5 Å². The topological polar surface area (TPSA) is 63.3 Å². The van der Waals surface area contributed by atoms with Crippen LogP contribution in [0, 0.1) is 17.9 Å². The van der Waals surface area contributed by atoms with Gasteiger partial charge in [-0.2, -0.15) is 0 Å². The summed E-state index contributed by atoms with van der Waals surface area (Å²) in [5, 5.41) is 13.3. The number of ketones is 1. The monoisotopic (exact) mass is 703 g/mol. The number of carbonyl (C=O) groups excluding carboxylic acids is 1. The fourth-order valence-electron chi connectivity index (χ4n) is 5.42. The Morgan fingerprint density at radius 3 is 2.36 bits per heavy atom. The molecule has 2 heterocycles. The van der Waals surface area contributed by atoms with Gasteiger partial charge >= 0.3 is 0 Å². The first kappa shape index (κ1) is 30.8. The number of hydrogen-bond donors (Lipinski definition) is 1. The molecule has 0 spiro atoms. The molecule has 1 radical (unpaired) electrons. The summed E-state index contributed by atoms with van der Waals surface area (Å²) in [5.74, 6) is 1.71. The first-order chi connectivity index (χ1) is 18.5. The molecule has 0 saturated carbocycles. The van der Waals surface area contributed by atoms with Crippen molar-refractivity contribution in [2.75, 3.05) is 0 Å². The molecule has 0 bridgehead atoms. The zero-order valence-corrected chi connectivity index (χ0v) is 25.9. The largest absolute Gasteiger partial charge is 0.512 e. The van der Waals surface area contributed by atoms with E-state index in [4.69, 9.17) is 4.42 Å². The molecule has 0 amide bonds. The minimum absolute atomic E-state index is 0. The van der Waals surface area contributed by atoms with Gasteiger partial charge in [-0.05, 0) is 67.0 Å². The van der Waals surface area contributed by atoms with Crippen LogP contribution < -0.4 is 0 Å². The van der Waals surface area contributed by atoms with Gasteiger partial charge in [0.05, 0.1) is 17.1 Å². The van der Waals surface area contributed by atoms with Crippen molar-refractivity contribution >= 4 is 27.5 Å². The molecule has 2 aromatic heterocycles. The van der Waals surface area contributed by atoms with Crippen LogP contribution in [0.2, 0.25) is 0 Å². The number of hydrogen-bond acceptors (Lipinski definition) is 4. The van der Waals surface area contributed by atoms with Crippen LogP contribution in [-0.2, 0) is 37.7 Å². The average Bonchev–Trinajstić information content (AvgIpc) is 3.33. The molecular formula is C34H40IrNO3-. The smallest absolute Gasteiger partial charge is 0.162 e. The molecular weight excluding hydrogens is 663 g/mol. The summed E-state index contributed by atoms with van der Waals surface area (Å²) in [6.45, 7) is 8.07. The summed E-state index contributed by atoms with van der Waals surface area (Å²) in [6, 6.07) is 17.9. The van der Waals surface area contributed by atoms with Crippen molar-refractivity contribution in [2.24, 2.45) is 11.8 Å². The minimum Gasteiger partial charge on any atom is -0.512 e. The van der Waals surface area contributed by atoms with Crippen molar-refractivity contribution in [1.29, 1.82) is 0 Å². The van der Waals surface area contributed by atoms with Gasteiger partial charge in [0.15, 0.2) is 5.78 Å². The summed E-state index contributed by atoms with van der Waals surface area (Å²) in [4.78, 5) is 16.4. The maximum Gasteiger partial charge on any atom is 0.162 e. The van der Waals surface area contributed by atoms with Crippen LogP contribution in [0.5, 0.6) is 0 Å². The summed E-state index contributed by atoms with van der Waals surface area (Å²) in [5.41, 5.74) is 4.24. The van der Waals surface area contributed by atoms with Gasteiger partial charge in [-0.3, -0.25) is 4.79 Å². The normalized spacial score (nSPS) is 13.2. The molecule has 1 aliphatic rings. The number of aliphatic hydroxyl groups is 1. The summed E-state index contributed by atoms with van der Waals surface area (Å²) in [6.07, 6.45) is 11.5. The fraction of sp³-hybridized carbons (Fsp3) is 0.412. The van der Waals surface area contributed by atoms with E-state index in [9.17, 15) is 9.90 Å². The van der Waals surface area contributed by atoms with E-state index in [2.05, 4.69) is 41.4 Å². The Balaban J connectivity index is 0.000000233. The van der Waals surface area contributed by atoms with Gasteiger partial charge in [0.2, 0.25) is 0 Å². The minimum atomic E-state index is 0. The number of rotatable bonds is 8. The zero-order chi connectivity index (χ0) is 27.1. The number of fused-ring (bicyclic) bond motifs is 4. The predicted octanol–water partition coefficient (Wildman–Crippen LogP) is 9.19. The summed E-state index contributed by atoms with van der Waals surface area (Å²) >= 11 is 0. The third-order valence-corrected chi connectivity index (χ3v) is 7.89. The van der Waals surface area contributed by atoms with E-state index in [0.717, 1.165) is 66.5 Å². The fourth-order valence-corrected chi connectivity index (χ4v) is 5.42. The van der Waals surface area contributed by atoms with Gasteiger partial charge < -0.3 is 14.5 Å². The number of allylic oxidation sites excluding steroid dienone is 2. The number of furan rings is 1. The number of nitrogens with zero attached hydrogens (tertiary/aromatic N) is 1. The van der Waals surface area contributed by atoms with Gasteiger partial charge in [-0.15, -0.1) is 18.2 Å². The molecule has 5 rings (SSSR count). The number of benzene rings is 2. The van der Waals surface area contributed by atoms with Gasteiger partial charge in [-0.1, -0.05) is 69.0 Å². The molecule has 0 fully saturated rings. The second-order valence-corrected chi connectivity index (χ2v) is 10.2. The summed E-state index contributed by atoms with van der Waals surface area (Å²) in [7, 11) is 0. The standard InChI is InChI=1S/C21H16NO.C13H24O2.Ir/c1-2-7-15-13-22-19(12-14(15)6-1)18-10-5-9-17-16-8-3-4-11-20(16)23-21(17)18;1-5-10(6-2)12(14)9-13(15)11(7-3)8-4;/h1-2,5-7,9,12-13H,3-4,8,11H2;9-11,14H,5-8H2,1-4H3;/q-1;;/b;12-9-;. The van der Waals surface area contributed by atoms with E-state index in [1.165, 1.54) is 35.3 Å². The van der Waals surface area contributed by atoms with Crippen molar-refractivity contribution in [3.8, 4) is 11.3 Å². The van der Waals surface area contributed by atoms with Crippen LogP contribution in [-0.4, -0.2) is 15.9 Å². The molecule has 0 unspecified atom stereocenters. The first-order valence-corrected chi connectivity index (χ1v) is 14.2. The van der Waals surface area contributed by atoms with E-state index >= 15 is 0 Å². The van der Waals surface area contributed by atoms with Crippen LogP contribution >= 0.6 is 0 Å². The molecule has 2 aromatic carbocycles. The summed E-state index contributed by atoms with van der Waals surface area (Å²) < 4.78 is 6.22. The van der Waals surface area contributed by atoms with Crippen molar-refractivity contribution in [3.63, 3.8) is 0 Å². The Morgan fingerprint density at radius 1 is 1.00 bits per heavy atom. The third kappa shape index (κ3) is 7.07. The van der Waals surface area contributed by atoms with Crippen molar-refractivity contribution in [3.05, 3.63) is 77.9 Å². The van der Waals surface area contributed by atoms with Gasteiger partial charge in [0, 0.05) is 50.6 Å². The second-order valence-electron chi connectivity index (χ2n) is 10.2. The molecule has 4 nitrogen and oxygen atoms in total. The number of aryl methyl sites for hydroxylation is 2. The Kier molecular flexibility index (Phi) is 11.5. The Bertz CT molecular complexity index is 1410. The SMILES string of the molecule is CCC(CC)C(=O)/C=C(\O)C(CC)CC.[Ir].[c-]1ccc2c3c(oc2c1-c1cc2ccccc2cn1)CCCC3. The Hall–Kier alpha value is -2.75. The average molecular weight is 703 g/mol. The number of aromatic nitrogens is 1. The molecule has 5 heteroatoms. The third-order valence-electron chi connectivity index (χ3n) is 7.89. The molecule has 0 aliphatic heterocycles. The number of pyridine rings is 1. The number of carbonyl (C=O) groups is 1. The van der Waals surface area contributed by atoms with Crippen molar-refractivity contribution in [1.82, 2.24) is 4.98 Å². The van der Waals surface area contributed by atoms with Crippen molar-refractivity contribution < 1.29 is 34.4 Å². The number of aliphatic hydroxyl groups excluding tert-OH is 1. The molecule has 1 N–H and O–H groups in total. The van der Waals surface area contributed by atoms with E-state index in [1.807, 2.05) is 46.0 Å². The maximum absolute atomic E-state index is 11.7. The van der Waals surface area contributed by atoms with Crippen LogP contribution in [0.4, 0.5) is 0 Å². The zero-order valence-electron chi connectivity index (χ0n) is 23.6. The molecule has 0 atom stereocenters. The second kappa shape index (κ2) is 14.6. The molecule has 209 valence electrons. The van der Waals surface area contributed by atoms with Crippen LogP contribution in [0.15, 0.2) is 64.9 Å². The quantitative estimate of drug-likeness (QED) is 0.113. The predicted molar refractivity (Wildman–Crippen MR) is 156 cm³/mol. The molecule has 39 heavy (non-hydrogen) atoms. The Morgan fingerprint density at radius 2 is 1.67 bits per heavy atom. The van der Waals surface area contributed by atoms with E-state index in [0.29, 0.717) is 0 Å². The maximum atomic E-state index is 11.7. The van der Waals surface area contributed by atoms with Gasteiger partial charge in [0.25, 0.3) is 0 Å². The first-order valence-electron chi connectivity index (χ1n) is 14.2. The van der Waals surface area contributed by atoms with Crippen LogP contribution in [0.3, 0.4) is 0 Å². The van der Waals surface area contributed by atoms with E-state index < -0.39 is 0 Å². The molecule has 4 aromatic rings. The Labute approximate surface area is 246 Å². The van der Waals surface area contributed by atoms with Gasteiger partial charge in [-0.25, -0.2) is 0 Å². The van der Waals surface area contributed by atoms with E-state index in [1.54, 1.807) is 0 Å². The van der Waals surface area contributed by atoms with Crippen LogP contribution in [0.1, 0.15) is 77.5 Å². The van der Waals surface area contributed by atoms with Crippen molar-refractivity contribution in [2.45, 2.75) is 79.1 Å². The van der Waals surface area contributed by atoms with Crippen LogP contribution in [0.25, 0.3) is 33.0 Å². The molecule has 0 saturated heterocycles. The van der Waals surface area contributed by atoms with Gasteiger partial charge in [0.1, 0.15) is 0 Å².